The zero-order valence-corrected chi connectivity index (χ0v) is 11.4. The van der Waals surface area contributed by atoms with Crippen LogP contribution >= 0.6 is 11.6 Å². The molecule has 1 aromatic rings. The Hall–Kier alpha value is -1.04. The lowest BCUT2D eigenvalue weighted by Crippen LogP contribution is -2.24. The standard InChI is InChI=1S/C14H19ClN2/c1-11(12-5-4-6-13(15)9-12)17-8-7-14(2,3)10-16/h4-6,9,11,17H,7-8H2,1-3H3/t11-/m1/s1. The van der Waals surface area contributed by atoms with Crippen molar-refractivity contribution in [1.82, 2.24) is 5.32 Å². The van der Waals surface area contributed by atoms with E-state index in [0.29, 0.717) is 0 Å². The topological polar surface area (TPSA) is 35.8 Å². The van der Waals surface area contributed by atoms with Crippen molar-refractivity contribution in [1.29, 1.82) is 5.26 Å². The van der Waals surface area contributed by atoms with Crippen molar-refractivity contribution in [3.05, 3.63) is 34.9 Å². The van der Waals surface area contributed by atoms with Gasteiger partial charge in [0.15, 0.2) is 0 Å². The van der Waals surface area contributed by atoms with Gasteiger partial charge < -0.3 is 5.32 Å². The molecule has 1 atom stereocenters. The van der Waals surface area contributed by atoms with Crippen LogP contribution in [0.25, 0.3) is 0 Å². The zero-order chi connectivity index (χ0) is 12.9. The lowest BCUT2D eigenvalue weighted by molar-refractivity contribution is 0.416. The second-order valence-corrected chi connectivity index (χ2v) is 5.41. The third-order valence-electron chi connectivity index (χ3n) is 2.85. The molecular formula is C14H19ClN2. The van der Waals surface area contributed by atoms with E-state index >= 15 is 0 Å². The Morgan fingerprint density at radius 1 is 1.47 bits per heavy atom. The summed E-state index contributed by atoms with van der Waals surface area (Å²) in [6.45, 7) is 6.84. The highest BCUT2D eigenvalue weighted by atomic mass is 35.5. The Kier molecular flexibility index (Phi) is 4.99. The molecule has 0 unspecified atom stereocenters. The van der Waals surface area contributed by atoms with E-state index in [1.807, 2.05) is 32.0 Å². The quantitative estimate of drug-likeness (QED) is 0.860. The summed E-state index contributed by atoms with van der Waals surface area (Å²) in [6.07, 6.45) is 0.842. The number of nitrogens with one attached hydrogen (secondary N) is 1. The van der Waals surface area contributed by atoms with E-state index in [0.717, 1.165) is 18.0 Å². The summed E-state index contributed by atoms with van der Waals surface area (Å²) in [5.41, 5.74) is 0.911. The van der Waals surface area contributed by atoms with Crippen LogP contribution in [0.2, 0.25) is 5.02 Å². The minimum absolute atomic E-state index is 0.253. The summed E-state index contributed by atoms with van der Waals surface area (Å²) in [4.78, 5) is 0. The molecule has 17 heavy (non-hydrogen) atoms. The van der Waals surface area contributed by atoms with Crippen LogP contribution in [0.5, 0.6) is 0 Å². The number of rotatable bonds is 5. The molecule has 0 saturated heterocycles. The fourth-order valence-corrected chi connectivity index (χ4v) is 1.75. The molecule has 1 aromatic carbocycles. The zero-order valence-electron chi connectivity index (χ0n) is 10.6. The van der Waals surface area contributed by atoms with E-state index in [9.17, 15) is 0 Å². The first-order chi connectivity index (χ1) is 7.94. The van der Waals surface area contributed by atoms with Crippen molar-refractivity contribution < 1.29 is 0 Å². The van der Waals surface area contributed by atoms with Gasteiger partial charge in [-0.15, -0.1) is 0 Å². The van der Waals surface area contributed by atoms with Gasteiger partial charge in [-0.05, 0) is 51.4 Å². The monoisotopic (exact) mass is 250 g/mol. The Morgan fingerprint density at radius 3 is 2.76 bits per heavy atom. The Bertz CT molecular complexity index is 407. The SMILES string of the molecule is C[C@@H](NCCC(C)(C)C#N)c1cccc(Cl)c1. The number of nitriles is 1. The predicted octanol–water partition coefficient (Wildman–Crippen LogP) is 3.93. The molecule has 0 saturated carbocycles. The van der Waals surface area contributed by atoms with Crippen LogP contribution in [0.1, 0.15) is 38.8 Å². The molecule has 0 aliphatic heterocycles. The molecule has 0 aromatic heterocycles. The molecule has 0 aliphatic carbocycles. The molecule has 0 spiro atoms. The number of hydrogen-bond donors (Lipinski definition) is 1. The van der Waals surface area contributed by atoms with Crippen LogP contribution < -0.4 is 5.32 Å². The Labute approximate surface area is 109 Å². The van der Waals surface area contributed by atoms with Gasteiger partial charge in [-0.3, -0.25) is 0 Å². The molecule has 1 rings (SSSR count). The number of halogens is 1. The lowest BCUT2D eigenvalue weighted by atomic mass is 9.91. The van der Waals surface area contributed by atoms with Gasteiger partial charge in [0, 0.05) is 11.1 Å². The van der Waals surface area contributed by atoms with Crippen molar-refractivity contribution in [2.24, 2.45) is 5.41 Å². The average molecular weight is 251 g/mol. The minimum Gasteiger partial charge on any atom is -0.310 e. The fourth-order valence-electron chi connectivity index (χ4n) is 1.55. The highest BCUT2D eigenvalue weighted by Crippen LogP contribution is 2.20. The molecule has 2 nitrogen and oxygen atoms in total. The first kappa shape index (κ1) is 14.0. The maximum atomic E-state index is 8.92. The summed E-state index contributed by atoms with van der Waals surface area (Å²) >= 11 is 5.95. The third kappa shape index (κ3) is 4.77. The molecule has 1 N–H and O–H groups in total. The van der Waals surface area contributed by atoms with Crippen molar-refractivity contribution >= 4 is 11.6 Å². The number of hydrogen-bond acceptors (Lipinski definition) is 2. The first-order valence-electron chi connectivity index (χ1n) is 5.85. The summed E-state index contributed by atoms with van der Waals surface area (Å²) < 4.78 is 0. The van der Waals surface area contributed by atoms with Crippen molar-refractivity contribution in [2.75, 3.05) is 6.54 Å². The van der Waals surface area contributed by atoms with E-state index in [4.69, 9.17) is 16.9 Å². The minimum atomic E-state index is -0.263. The summed E-state index contributed by atoms with van der Waals surface area (Å²) in [7, 11) is 0. The van der Waals surface area contributed by atoms with Crippen molar-refractivity contribution in [3.63, 3.8) is 0 Å². The van der Waals surface area contributed by atoms with Crippen molar-refractivity contribution in [2.45, 2.75) is 33.2 Å². The van der Waals surface area contributed by atoms with Crippen LogP contribution in [0.15, 0.2) is 24.3 Å². The molecule has 0 heterocycles. The van der Waals surface area contributed by atoms with Gasteiger partial charge in [0.25, 0.3) is 0 Å². The smallest absolute Gasteiger partial charge is 0.0684 e. The van der Waals surface area contributed by atoms with E-state index in [1.54, 1.807) is 0 Å². The number of benzene rings is 1. The maximum absolute atomic E-state index is 8.92. The second kappa shape index (κ2) is 6.05. The van der Waals surface area contributed by atoms with Crippen LogP contribution in [0.4, 0.5) is 0 Å². The Balaban J connectivity index is 2.46. The molecule has 0 radical (unpaired) electrons. The molecule has 0 aliphatic rings. The van der Waals surface area contributed by atoms with Gasteiger partial charge in [-0.2, -0.15) is 5.26 Å². The number of nitrogens with zero attached hydrogens (tertiary/aromatic N) is 1. The molecular weight excluding hydrogens is 232 g/mol. The van der Waals surface area contributed by atoms with Crippen molar-refractivity contribution in [3.8, 4) is 6.07 Å². The Morgan fingerprint density at radius 2 is 2.18 bits per heavy atom. The van der Waals surface area contributed by atoms with E-state index in [1.165, 1.54) is 5.56 Å². The fraction of sp³-hybridized carbons (Fsp3) is 0.500. The lowest BCUT2D eigenvalue weighted by Gasteiger charge is -2.19. The van der Waals surface area contributed by atoms with E-state index in [-0.39, 0.29) is 11.5 Å². The van der Waals surface area contributed by atoms with Crippen LogP contribution in [0, 0.1) is 16.7 Å². The van der Waals surface area contributed by atoms with Gasteiger partial charge in [0.1, 0.15) is 0 Å². The van der Waals surface area contributed by atoms with Gasteiger partial charge >= 0.3 is 0 Å². The largest absolute Gasteiger partial charge is 0.310 e. The predicted molar refractivity (Wildman–Crippen MR) is 71.9 cm³/mol. The molecule has 0 fully saturated rings. The summed E-state index contributed by atoms with van der Waals surface area (Å²) in [5, 5.41) is 13.1. The van der Waals surface area contributed by atoms with E-state index in [2.05, 4.69) is 24.4 Å². The molecule has 92 valence electrons. The summed E-state index contributed by atoms with van der Waals surface area (Å²) in [6, 6.07) is 10.4. The highest BCUT2D eigenvalue weighted by Gasteiger charge is 2.16. The van der Waals surface area contributed by atoms with Gasteiger partial charge in [-0.1, -0.05) is 23.7 Å². The van der Waals surface area contributed by atoms with Crippen LogP contribution in [0.3, 0.4) is 0 Å². The second-order valence-electron chi connectivity index (χ2n) is 4.98. The van der Waals surface area contributed by atoms with Crippen LogP contribution in [-0.2, 0) is 0 Å². The summed E-state index contributed by atoms with van der Waals surface area (Å²) in [5.74, 6) is 0. The highest BCUT2D eigenvalue weighted by molar-refractivity contribution is 6.30. The molecule has 3 heteroatoms. The van der Waals surface area contributed by atoms with E-state index < -0.39 is 0 Å². The molecule has 0 bridgehead atoms. The third-order valence-corrected chi connectivity index (χ3v) is 3.09. The average Bonchev–Trinajstić information content (AvgIpc) is 2.28. The maximum Gasteiger partial charge on any atom is 0.0684 e. The van der Waals surface area contributed by atoms with Crippen LogP contribution in [-0.4, -0.2) is 6.54 Å². The normalized spacial score (nSPS) is 13.1. The van der Waals surface area contributed by atoms with Gasteiger partial charge in [0.05, 0.1) is 11.5 Å². The van der Waals surface area contributed by atoms with Gasteiger partial charge in [-0.25, -0.2) is 0 Å². The molecule has 0 amide bonds. The van der Waals surface area contributed by atoms with Gasteiger partial charge in [0.2, 0.25) is 0 Å². The first-order valence-corrected chi connectivity index (χ1v) is 6.22.